The topological polar surface area (TPSA) is 282 Å². The van der Waals surface area contributed by atoms with Crippen molar-refractivity contribution in [3.05, 3.63) is 35.3 Å². The number of phosphoric acid groups is 1. The molecule has 0 aliphatic carbocycles. The van der Waals surface area contributed by atoms with Crippen LogP contribution in [0.25, 0.3) is 22.3 Å². The Balaban J connectivity index is 1.21. The van der Waals surface area contributed by atoms with Crippen molar-refractivity contribution in [3.8, 4) is 0 Å². The van der Waals surface area contributed by atoms with Crippen LogP contribution in [0.15, 0.2) is 29.7 Å². The largest absolute Gasteiger partial charge is 0.780 e. The first kappa shape index (κ1) is 30.7. The summed E-state index contributed by atoms with van der Waals surface area (Å²) in [7, 11) is -5.10. The number of hydrogen-bond donors (Lipinski definition) is 5. The lowest BCUT2D eigenvalue weighted by atomic mass is 10.1. The summed E-state index contributed by atoms with van der Waals surface area (Å²) in [5, 5.41) is 11.0. The summed E-state index contributed by atoms with van der Waals surface area (Å²) in [4.78, 5) is 54.9. The van der Waals surface area contributed by atoms with Crippen LogP contribution in [-0.2, 0) is 43.9 Å². The molecule has 3 saturated heterocycles. The molecular formula is C21H23FN9O11P2S-. The predicted molar refractivity (Wildman–Crippen MR) is 149 cm³/mol. The third kappa shape index (κ3) is 5.45. The molecular weight excluding hydrogens is 667 g/mol. The molecule has 4 aromatic heterocycles. The molecule has 20 nitrogen and oxygen atoms in total. The van der Waals surface area contributed by atoms with Gasteiger partial charge in [0.15, 0.2) is 35.4 Å². The summed E-state index contributed by atoms with van der Waals surface area (Å²) in [6.07, 6.45) is -9.37. The van der Waals surface area contributed by atoms with Gasteiger partial charge in [0.2, 0.25) is 5.95 Å². The first-order valence-electron chi connectivity index (χ1n) is 13.0. The lowest BCUT2D eigenvalue weighted by Gasteiger charge is -2.34. The second kappa shape index (κ2) is 11.1. The zero-order valence-electron chi connectivity index (χ0n) is 22.4. The average Bonchev–Trinajstić information content (AvgIpc) is 3.72. The van der Waals surface area contributed by atoms with E-state index in [4.69, 9.17) is 50.8 Å². The average molecular weight is 690 g/mol. The number of aromatic nitrogens is 7. The van der Waals surface area contributed by atoms with Crippen molar-refractivity contribution < 1.29 is 51.4 Å². The first-order valence-corrected chi connectivity index (χ1v) is 17.1. The van der Waals surface area contributed by atoms with Crippen LogP contribution in [0.5, 0.6) is 0 Å². The molecule has 2 bridgehead atoms. The second-order valence-electron chi connectivity index (χ2n) is 10.2. The maximum atomic E-state index is 15.9. The van der Waals surface area contributed by atoms with Gasteiger partial charge >= 0.3 is 7.82 Å². The first-order chi connectivity index (χ1) is 21.3. The number of aliphatic hydroxyl groups excluding tert-OH is 1. The Kier molecular flexibility index (Phi) is 7.55. The van der Waals surface area contributed by atoms with Crippen LogP contribution in [-0.4, -0.2) is 94.0 Å². The Hall–Kier alpha value is -2.98. The highest BCUT2D eigenvalue weighted by Crippen LogP contribution is 2.53. The molecule has 0 radical (unpaired) electrons. The zero-order chi connectivity index (χ0) is 31.8. The molecule has 3 aliphatic rings. The van der Waals surface area contributed by atoms with Gasteiger partial charge in [0.25, 0.3) is 5.56 Å². The minimum atomic E-state index is -5.10. The Morgan fingerprint density at radius 3 is 2.49 bits per heavy atom. The van der Waals surface area contributed by atoms with E-state index in [0.29, 0.717) is 0 Å². The highest BCUT2D eigenvalue weighted by molar-refractivity contribution is 8.06. The molecule has 242 valence electrons. The van der Waals surface area contributed by atoms with E-state index in [0.717, 1.165) is 10.9 Å². The number of nitrogens with one attached hydrogen (secondary N) is 1. The van der Waals surface area contributed by atoms with Crippen LogP contribution >= 0.6 is 14.5 Å². The molecule has 7 heterocycles. The predicted octanol–water partition coefficient (Wildman–Crippen LogP) is -1.27. The summed E-state index contributed by atoms with van der Waals surface area (Å²) >= 11 is 5.08. The van der Waals surface area contributed by atoms with Gasteiger partial charge in [0, 0.05) is 6.20 Å². The molecule has 0 spiro atoms. The Labute approximate surface area is 254 Å². The van der Waals surface area contributed by atoms with Crippen LogP contribution in [0.3, 0.4) is 0 Å². The Morgan fingerprint density at radius 2 is 1.71 bits per heavy atom. The van der Waals surface area contributed by atoms with E-state index in [1.165, 1.54) is 23.2 Å². The van der Waals surface area contributed by atoms with Crippen LogP contribution in [0.1, 0.15) is 12.5 Å². The van der Waals surface area contributed by atoms with Crippen LogP contribution < -0.4 is 21.9 Å². The van der Waals surface area contributed by atoms with Crippen LogP contribution in [0.2, 0.25) is 0 Å². The number of anilines is 2. The number of rotatable bonds is 2. The summed E-state index contributed by atoms with van der Waals surface area (Å²) in [5.74, 6) is -0.263. The summed E-state index contributed by atoms with van der Waals surface area (Å²) in [6.45, 7) is -6.12. The van der Waals surface area contributed by atoms with E-state index in [1.807, 2.05) is 0 Å². The molecule has 4 unspecified atom stereocenters. The van der Waals surface area contributed by atoms with Crippen molar-refractivity contribution in [1.29, 1.82) is 0 Å². The van der Waals surface area contributed by atoms with Gasteiger partial charge in [0.1, 0.15) is 42.8 Å². The van der Waals surface area contributed by atoms with E-state index < -0.39 is 82.5 Å². The molecule has 0 aromatic carbocycles. The fraction of sp³-hybridized carbons (Fsp3) is 0.476. The van der Waals surface area contributed by atoms with Crippen molar-refractivity contribution in [2.75, 3.05) is 24.7 Å². The number of nitrogens with two attached hydrogens (primary N) is 2. The lowest BCUT2D eigenvalue weighted by Crippen LogP contribution is -2.36. The normalized spacial score (nSPS) is 37.7. The Morgan fingerprint density at radius 1 is 1.02 bits per heavy atom. The number of imidazole rings is 2. The highest BCUT2D eigenvalue weighted by Gasteiger charge is 2.53. The summed E-state index contributed by atoms with van der Waals surface area (Å²) in [6, 6.07) is 1.49. The smallest absolute Gasteiger partial charge is 0.472 e. The monoisotopic (exact) mass is 690 g/mol. The minimum absolute atomic E-state index is 0.0912. The maximum absolute atomic E-state index is 15.9. The molecule has 45 heavy (non-hydrogen) atoms. The number of pyridine rings is 1. The van der Waals surface area contributed by atoms with Gasteiger partial charge in [-0.15, -0.1) is 0 Å². The SMILES string of the molecule is Nc1nc2c(ncn2[C@@H]2O[C@@H]3COP(=O)(O)OC4[C@@H](COP([O-])(=S)OC2[C@H]3O)O[C@@H](n2cnc3c(N)ccnc32)[C@H]4F)c(=O)[nH]1. The number of phosphoric ester groups is 1. The number of fused-ring (bicyclic) bond motifs is 5. The second-order valence-corrected chi connectivity index (χ2v) is 14.3. The Bertz CT molecular complexity index is 1940. The third-order valence-electron chi connectivity index (χ3n) is 7.38. The standard InChI is InChI=1S/C21H24FN9O11P2S/c22-10-14-9(40-19(10)30-5-26-11-7(23)1-2-25-16(11)30)4-38-44(36,45)42-15-13(32)8(3-37-43(34,35)41-14)39-20(15)31-6-27-12-17(31)28-21(24)29-18(12)33/h1-2,5-6,8-10,13-15,19-20,32H,3-4H2,(H2,23,25)(H,34,35)(H,36,45)(H3,24,28,29,33)/p-1/t8-,9-,10+,13+,14?,15?,19-,20-,44?/m1/s1. The highest BCUT2D eigenvalue weighted by atomic mass is 32.5. The van der Waals surface area contributed by atoms with E-state index in [2.05, 4.69) is 24.9 Å². The fourth-order valence-electron chi connectivity index (χ4n) is 5.34. The van der Waals surface area contributed by atoms with E-state index in [1.54, 1.807) is 0 Å². The van der Waals surface area contributed by atoms with Gasteiger partial charge < -0.3 is 44.9 Å². The van der Waals surface area contributed by atoms with Gasteiger partial charge in [-0.2, -0.15) is 4.98 Å². The lowest BCUT2D eigenvalue weighted by molar-refractivity contribution is -0.218. The van der Waals surface area contributed by atoms with E-state index in [9.17, 15) is 24.3 Å². The van der Waals surface area contributed by atoms with Gasteiger partial charge in [-0.1, -0.05) is 11.8 Å². The quantitative estimate of drug-likeness (QED) is 0.153. The van der Waals surface area contributed by atoms with E-state index >= 15 is 4.39 Å². The fourth-order valence-corrected chi connectivity index (χ4v) is 7.69. The molecule has 10 atom stereocenters. The summed E-state index contributed by atoms with van der Waals surface area (Å²) < 4.78 is 64.1. The van der Waals surface area contributed by atoms with Crippen molar-refractivity contribution in [3.63, 3.8) is 0 Å². The number of alkyl halides is 1. The van der Waals surface area contributed by atoms with E-state index in [-0.39, 0.29) is 34.0 Å². The number of H-pyrrole nitrogens is 1. The van der Waals surface area contributed by atoms with Gasteiger partial charge in [0.05, 0.1) is 31.6 Å². The van der Waals surface area contributed by atoms with Crippen LogP contribution in [0.4, 0.5) is 16.0 Å². The zero-order valence-corrected chi connectivity index (χ0v) is 25.0. The number of nitrogens with zero attached hydrogens (tertiary/aromatic N) is 6. The molecule has 7 rings (SSSR count). The van der Waals surface area contributed by atoms with Crippen molar-refractivity contribution in [2.45, 2.75) is 49.1 Å². The van der Waals surface area contributed by atoms with Gasteiger partial charge in [-0.05, 0) is 6.07 Å². The number of hydrogen-bond acceptors (Lipinski definition) is 17. The van der Waals surface area contributed by atoms with Crippen molar-refractivity contribution in [1.82, 2.24) is 34.1 Å². The number of nitrogen functional groups attached to an aromatic ring is 2. The molecule has 0 saturated carbocycles. The van der Waals surface area contributed by atoms with Gasteiger partial charge in [-0.25, -0.2) is 23.9 Å². The van der Waals surface area contributed by atoms with Gasteiger partial charge in [-0.3, -0.25) is 28.0 Å². The maximum Gasteiger partial charge on any atom is 0.472 e. The van der Waals surface area contributed by atoms with Crippen molar-refractivity contribution >= 4 is 60.3 Å². The molecule has 0 amide bonds. The van der Waals surface area contributed by atoms with Crippen molar-refractivity contribution in [2.24, 2.45) is 0 Å². The molecule has 3 fully saturated rings. The molecule has 7 N–H and O–H groups in total. The molecule has 24 heteroatoms. The minimum Gasteiger partial charge on any atom is -0.780 e. The molecule has 3 aliphatic heterocycles. The third-order valence-corrected chi connectivity index (χ3v) is 9.90. The van der Waals surface area contributed by atoms with Crippen LogP contribution in [0, 0.1) is 0 Å². The number of aliphatic hydroxyl groups is 1. The molecule has 4 aromatic rings. The number of aromatic amines is 1. The number of ether oxygens (including phenoxy) is 2. The number of halogens is 1. The summed E-state index contributed by atoms with van der Waals surface area (Å²) in [5.41, 5.74) is 11.3.